The number of sulfonamides is 1. The maximum absolute atomic E-state index is 12.4. The Morgan fingerprint density at radius 3 is 2.88 bits per heavy atom. The van der Waals surface area contributed by atoms with Crippen molar-refractivity contribution in [3.63, 3.8) is 0 Å². The number of fused-ring (bicyclic) bond motifs is 1. The molecule has 0 aromatic heterocycles. The Bertz CT molecular complexity index is 673. The van der Waals surface area contributed by atoms with Gasteiger partial charge in [-0.05, 0) is 30.9 Å². The number of carbonyl (C=O) groups is 1. The van der Waals surface area contributed by atoms with Crippen molar-refractivity contribution >= 4 is 21.8 Å². The normalized spacial score (nSPS) is 23.2. The van der Waals surface area contributed by atoms with E-state index in [-0.39, 0.29) is 17.5 Å². The largest absolute Gasteiger partial charge is 0.352 e. The molecule has 0 radical (unpaired) electrons. The van der Waals surface area contributed by atoms with Gasteiger partial charge in [-0.2, -0.15) is 0 Å². The van der Waals surface area contributed by atoms with Crippen molar-refractivity contribution < 1.29 is 13.2 Å². The molecule has 1 fully saturated rings. The standard InChI is InChI=1S/C17H25N3O3S/c21-17(18-10-4-8-14-6-2-1-3-7-14)15-9-5-11-20-12-13-24(22,23)19-16(15)20/h5,9,11,14H,1-4,6-8,10,12-13H2,(H,18,21). The summed E-state index contributed by atoms with van der Waals surface area (Å²) in [6.45, 7) is 0.959. The van der Waals surface area contributed by atoms with E-state index in [1.54, 1.807) is 23.3 Å². The zero-order chi connectivity index (χ0) is 17.0. The van der Waals surface area contributed by atoms with Gasteiger partial charge in [0.15, 0.2) is 5.84 Å². The first kappa shape index (κ1) is 17.2. The molecule has 0 bridgehead atoms. The van der Waals surface area contributed by atoms with Crippen molar-refractivity contribution in [2.45, 2.75) is 44.9 Å². The number of carbonyl (C=O) groups excluding carboxylic acids is 1. The summed E-state index contributed by atoms with van der Waals surface area (Å²) < 4.78 is 27.2. The molecule has 0 spiro atoms. The van der Waals surface area contributed by atoms with Gasteiger partial charge in [0, 0.05) is 19.3 Å². The summed E-state index contributed by atoms with van der Waals surface area (Å²) in [4.78, 5) is 14.1. The molecule has 7 heteroatoms. The molecule has 0 aromatic carbocycles. The first-order valence-electron chi connectivity index (χ1n) is 8.81. The van der Waals surface area contributed by atoms with E-state index < -0.39 is 10.0 Å². The van der Waals surface area contributed by atoms with Crippen molar-refractivity contribution in [3.05, 3.63) is 23.9 Å². The van der Waals surface area contributed by atoms with Crippen LogP contribution >= 0.6 is 0 Å². The van der Waals surface area contributed by atoms with Gasteiger partial charge in [-0.1, -0.05) is 32.1 Å². The summed E-state index contributed by atoms with van der Waals surface area (Å²) in [6.07, 6.45) is 13.9. The van der Waals surface area contributed by atoms with Crippen molar-refractivity contribution in [2.24, 2.45) is 10.3 Å². The van der Waals surface area contributed by atoms with E-state index in [1.165, 1.54) is 32.1 Å². The van der Waals surface area contributed by atoms with Gasteiger partial charge in [-0.15, -0.1) is 4.40 Å². The monoisotopic (exact) mass is 351 g/mol. The van der Waals surface area contributed by atoms with E-state index in [2.05, 4.69) is 9.71 Å². The zero-order valence-corrected chi connectivity index (χ0v) is 14.7. The maximum Gasteiger partial charge on any atom is 0.256 e. The molecule has 2 aliphatic heterocycles. The van der Waals surface area contributed by atoms with Gasteiger partial charge in [0.1, 0.15) is 0 Å². The highest BCUT2D eigenvalue weighted by atomic mass is 32.2. The average molecular weight is 351 g/mol. The first-order chi connectivity index (χ1) is 11.6. The summed E-state index contributed by atoms with van der Waals surface area (Å²) in [5.41, 5.74) is 0.332. The number of rotatable bonds is 5. The Morgan fingerprint density at radius 2 is 2.08 bits per heavy atom. The van der Waals surface area contributed by atoms with E-state index in [9.17, 15) is 13.2 Å². The Hall–Kier alpha value is -1.63. The first-order valence-corrected chi connectivity index (χ1v) is 10.4. The number of allylic oxidation sites excluding steroid dienone is 2. The minimum Gasteiger partial charge on any atom is -0.352 e. The Labute approximate surface area is 143 Å². The molecule has 0 unspecified atom stereocenters. The quantitative estimate of drug-likeness (QED) is 0.768. The summed E-state index contributed by atoms with van der Waals surface area (Å²) in [7, 11) is -3.47. The summed E-state index contributed by atoms with van der Waals surface area (Å²) >= 11 is 0. The topological polar surface area (TPSA) is 78.8 Å². The minimum absolute atomic E-state index is 0.0167. The lowest BCUT2D eigenvalue weighted by molar-refractivity contribution is -0.117. The third kappa shape index (κ3) is 4.26. The maximum atomic E-state index is 12.4. The van der Waals surface area contributed by atoms with Gasteiger partial charge in [-0.3, -0.25) is 4.79 Å². The van der Waals surface area contributed by atoms with Gasteiger partial charge in [0.25, 0.3) is 15.9 Å². The second-order valence-corrected chi connectivity index (χ2v) is 8.47. The highest BCUT2D eigenvalue weighted by Gasteiger charge is 2.29. The molecule has 0 saturated heterocycles. The SMILES string of the molecule is O=C(NCCCC1CCCCC1)C1=CC=CN2CCS(=O)(=O)N=C12. The second kappa shape index (κ2) is 7.51. The smallest absolute Gasteiger partial charge is 0.256 e. The molecule has 0 atom stereocenters. The van der Waals surface area contributed by atoms with Crippen LogP contribution in [0.2, 0.25) is 0 Å². The van der Waals surface area contributed by atoms with Crippen LogP contribution in [0.25, 0.3) is 0 Å². The average Bonchev–Trinajstić information content (AvgIpc) is 2.58. The van der Waals surface area contributed by atoms with Crippen LogP contribution in [0.4, 0.5) is 0 Å². The molecule has 24 heavy (non-hydrogen) atoms. The number of nitrogens with one attached hydrogen (secondary N) is 1. The highest BCUT2D eigenvalue weighted by molar-refractivity contribution is 7.90. The minimum atomic E-state index is -3.47. The summed E-state index contributed by atoms with van der Waals surface area (Å²) in [5.74, 6) is 0.783. The molecule has 3 rings (SSSR count). The predicted octanol–water partition coefficient (Wildman–Crippen LogP) is 1.96. The van der Waals surface area contributed by atoms with E-state index >= 15 is 0 Å². The Balaban J connectivity index is 1.53. The van der Waals surface area contributed by atoms with Crippen molar-refractivity contribution in [1.82, 2.24) is 10.2 Å². The molecule has 0 aromatic rings. The molecule has 1 N–H and O–H groups in total. The lowest BCUT2D eigenvalue weighted by Crippen LogP contribution is -2.42. The van der Waals surface area contributed by atoms with Crippen molar-refractivity contribution in [2.75, 3.05) is 18.8 Å². The molecule has 1 aliphatic carbocycles. The lowest BCUT2D eigenvalue weighted by atomic mass is 9.86. The fraction of sp³-hybridized carbons (Fsp3) is 0.647. The van der Waals surface area contributed by atoms with Gasteiger partial charge < -0.3 is 10.2 Å². The van der Waals surface area contributed by atoms with Crippen LogP contribution in [0.5, 0.6) is 0 Å². The number of nitrogens with zero attached hydrogens (tertiary/aromatic N) is 2. The van der Waals surface area contributed by atoms with Crippen LogP contribution in [0.3, 0.4) is 0 Å². The fourth-order valence-electron chi connectivity index (χ4n) is 3.56. The molecule has 2 heterocycles. The molecule has 132 valence electrons. The highest BCUT2D eigenvalue weighted by Crippen LogP contribution is 2.27. The number of hydrogen-bond donors (Lipinski definition) is 1. The van der Waals surface area contributed by atoms with Gasteiger partial charge in [-0.25, -0.2) is 8.42 Å². The van der Waals surface area contributed by atoms with Gasteiger partial charge >= 0.3 is 0 Å². The van der Waals surface area contributed by atoms with Crippen LogP contribution in [0.15, 0.2) is 28.3 Å². The van der Waals surface area contributed by atoms with Crippen LogP contribution in [-0.2, 0) is 14.8 Å². The summed E-state index contributed by atoms with van der Waals surface area (Å²) in [5, 5.41) is 2.91. The lowest BCUT2D eigenvalue weighted by Gasteiger charge is -2.28. The molecular weight excluding hydrogens is 326 g/mol. The third-order valence-electron chi connectivity index (χ3n) is 4.90. The molecular formula is C17H25N3O3S. The number of hydrogen-bond acceptors (Lipinski definition) is 4. The molecule has 1 amide bonds. The van der Waals surface area contributed by atoms with Gasteiger partial charge in [0.2, 0.25) is 0 Å². The second-order valence-electron chi connectivity index (χ2n) is 6.72. The van der Waals surface area contributed by atoms with Crippen molar-refractivity contribution in [3.8, 4) is 0 Å². The van der Waals surface area contributed by atoms with E-state index in [0.29, 0.717) is 18.7 Å². The fourth-order valence-corrected chi connectivity index (χ4v) is 4.54. The number of amides is 1. The van der Waals surface area contributed by atoms with Crippen LogP contribution < -0.4 is 5.32 Å². The Kier molecular flexibility index (Phi) is 5.38. The molecule has 3 aliphatic rings. The van der Waals surface area contributed by atoms with E-state index in [1.807, 2.05) is 0 Å². The molecule has 1 saturated carbocycles. The molecule has 6 nitrogen and oxygen atoms in total. The number of amidine groups is 1. The van der Waals surface area contributed by atoms with Crippen LogP contribution in [0.1, 0.15) is 44.9 Å². The van der Waals surface area contributed by atoms with Gasteiger partial charge in [0.05, 0.1) is 11.3 Å². The van der Waals surface area contributed by atoms with E-state index in [0.717, 1.165) is 18.8 Å². The third-order valence-corrected chi connectivity index (χ3v) is 6.05. The predicted molar refractivity (Wildman–Crippen MR) is 94.0 cm³/mol. The van der Waals surface area contributed by atoms with E-state index in [4.69, 9.17) is 0 Å². The summed E-state index contributed by atoms with van der Waals surface area (Å²) in [6, 6.07) is 0. The van der Waals surface area contributed by atoms with Crippen LogP contribution in [-0.4, -0.2) is 43.9 Å². The zero-order valence-electron chi connectivity index (χ0n) is 13.9. The van der Waals surface area contributed by atoms with Crippen LogP contribution in [0, 0.1) is 5.92 Å². The Morgan fingerprint density at radius 1 is 1.29 bits per heavy atom. The van der Waals surface area contributed by atoms with Crippen molar-refractivity contribution in [1.29, 1.82) is 0 Å².